The van der Waals surface area contributed by atoms with Crippen LogP contribution in [0.15, 0.2) is 6.20 Å². The summed E-state index contributed by atoms with van der Waals surface area (Å²) >= 11 is 0. The monoisotopic (exact) mass is 288 g/mol. The summed E-state index contributed by atoms with van der Waals surface area (Å²) in [5.74, 6) is 3.90. The minimum atomic E-state index is 0.0450. The van der Waals surface area contributed by atoms with Crippen LogP contribution in [0, 0.1) is 12.3 Å². The molecular formula is C17H28N4. The third-order valence-electron chi connectivity index (χ3n) is 3.17. The van der Waals surface area contributed by atoms with Crippen molar-refractivity contribution in [2.45, 2.75) is 59.5 Å². The minimum Gasteiger partial charge on any atom is -0.358 e. The van der Waals surface area contributed by atoms with Gasteiger partial charge in [0.25, 0.3) is 0 Å². The van der Waals surface area contributed by atoms with E-state index in [0.29, 0.717) is 19.0 Å². The van der Waals surface area contributed by atoms with Crippen LogP contribution < -0.4 is 10.2 Å². The van der Waals surface area contributed by atoms with Crippen LogP contribution in [0.2, 0.25) is 0 Å². The Morgan fingerprint density at radius 3 is 2.52 bits per heavy atom. The third-order valence-corrected chi connectivity index (χ3v) is 3.17. The summed E-state index contributed by atoms with van der Waals surface area (Å²) in [6.45, 7) is 14.9. The molecule has 0 aliphatic heterocycles. The van der Waals surface area contributed by atoms with E-state index in [1.165, 1.54) is 0 Å². The molecule has 1 N–H and O–H groups in total. The summed E-state index contributed by atoms with van der Waals surface area (Å²) < 4.78 is 0. The van der Waals surface area contributed by atoms with Gasteiger partial charge >= 0.3 is 0 Å². The predicted molar refractivity (Wildman–Crippen MR) is 89.4 cm³/mol. The Labute approximate surface area is 129 Å². The zero-order valence-electron chi connectivity index (χ0n) is 14.2. The SMILES string of the molecule is C#CCN(CC)c1cnc(C(C)C)nc1CNC(C)(C)C. The van der Waals surface area contributed by atoms with Gasteiger partial charge in [0.15, 0.2) is 0 Å². The van der Waals surface area contributed by atoms with E-state index in [1.54, 1.807) is 0 Å². The summed E-state index contributed by atoms with van der Waals surface area (Å²) in [7, 11) is 0. The molecule has 0 aromatic carbocycles. The first-order valence-electron chi connectivity index (χ1n) is 7.57. The molecule has 0 atom stereocenters. The van der Waals surface area contributed by atoms with E-state index in [0.717, 1.165) is 23.8 Å². The molecule has 0 amide bonds. The number of terminal acetylenes is 1. The number of hydrogen-bond donors (Lipinski definition) is 1. The maximum atomic E-state index is 5.47. The fourth-order valence-electron chi connectivity index (χ4n) is 1.93. The fraction of sp³-hybridized carbons (Fsp3) is 0.647. The molecule has 4 nitrogen and oxygen atoms in total. The van der Waals surface area contributed by atoms with Crippen LogP contribution in [0.5, 0.6) is 0 Å². The molecule has 1 rings (SSSR count). The zero-order chi connectivity index (χ0) is 16.0. The van der Waals surface area contributed by atoms with Gasteiger partial charge in [0.05, 0.1) is 24.1 Å². The van der Waals surface area contributed by atoms with E-state index in [9.17, 15) is 0 Å². The highest BCUT2D eigenvalue weighted by Crippen LogP contribution is 2.21. The number of rotatable bonds is 6. The van der Waals surface area contributed by atoms with Crippen molar-refractivity contribution in [3.8, 4) is 12.3 Å². The Morgan fingerprint density at radius 2 is 2.05 bits per heavy atom. The molecule has 0 saturated carbocycles. The van der Waals surface area contributed by atoms with Crippen LogP contribution in [0.3, 0.4) is 0 Å². The van der Waals surface area contributed by atoms with Crippen molar-refractivity contribution in [1.82, 2.24) is 15.3 Å². The van der Waals surface area contributed by atoms with Crippen molar-refractivity contribution >= 4 is 5.69 Å². The van der Waals surface area contributed by atoms with Gasteiger partial charge in [-0.3, -0.25) is 0 Å². The lowest BCUT2D eigenvalue weighted by Crippen LogP contribution is -2.36. The Kier molecular flexibility index (Phi) is 6.17. The Balaban J connectivity index is 3.13. The first-order chi connectivity index (χ1) is 9.78. The molecular weight excluding hydrogens is 260 g/mol. The molecule has 116 valence electrons. The van der Waals surface area contributed by atoms with Crippen molar-refractivity contribution in [2.75, 3.05) is 18.0 Å². The standard InChI is InChI=1S/C17H28N4/c1-8-10-21(9-2)15-12-18-16(13(3)4)20-14(15)11-19-17(5,6)7/h1,12-13,19H,9-11H2,2-7H3. The maximum Gasteiger partial charge on any atom is 0.131 e. The van der Waals surface area contributed by atoms with Crippen LogP contribution in [-0.2, 0) is 6.54 Å². The lowest BCUT2D eigenvalue weighted by Gasteiger charge is -2.26. The van der Waals surface area contributed by atoms with Crippen molar-refractivity contribution < 1.29 is 0 Å². The number of nitrogens with zero attached hydrogens (tertiary/aromatic N) is 3. The lowest BCUT2D eigenvalue weighted by molar-refractivity contribution is 0.420. The van der Waals surface area contributed by atoms with Crippen LogP contribution in [0.1, 0.15) is 59.0 Å². The van der Waals surface area contributed by atoms with Gasteiger partial charge in [0.2, 0.25) is 0 Å². The van der Waals surface area contributed by atoms with Gasteiger partial charge in [0, 0.05) is 24.5 Å². The van der Waals surface area contributed by atoms with Gasteiger partial charge in [0.1, 0.15) is 5.82 Å². The van der Waals surface area contributed by atoms with Crippen LogP contribution in [-0.4, -0.2) is 28.6 Å². The Bertz CT molecular complexity index is 494. The summed E-state index contributed by atoms with van der Waals surface area (Å²) in [6, 6.07) is 0. The van der Waals surface area contributed by atoms with E-state index in [-0.39, 0.29) is 5.54 Å². The highest BCUT2D eigenvalue weighted by Gasteiger charge is 2.16. The van der Waals surface area contributed by atoms with Gasteiger partial charge in [-0.1, -0.05) is 19.8 Å². The van der Waals surface area contributed by atoms with Crippen LogP contribution in [0.25, 0.3) is 0 Å². The van der Waals surface area contributed by atoms with Crippen LogP contribution >= 0.6 is 0 Å². The Hall–Kier alpha value is -1.60. The first-order valence-corrected chi connectivity index (χ1v) is 7.57. The average molecular weight is 288 g/mol. The van der Waals surface area contributed by atoms with E-state index in [2.05, 4.69) is 62.7 Å². The van der Waals surface area contributed by atoms with Crippen molar-refractivity contribution in [3.63, 3.8) is 0 Å². The van der Waals surface area contributed by atoms with Crippen molar-refractivity contribution in [1.29, 1.82) is 0 Å². The molecule has 0 spiro atoms. The molecule has 0 fully saturated rings. The second-order valence-electron chi connectivity index (χ2n) is 6.54. The highest BCUT2D eigenvalue weighted by molar-refractivity contribution is 5.50. The van der Waals surface area contributed by atoms with E-state index >= 15 is 0 Å². The summed E-state index contributed by atoms with van der Waals surface area (Å²) in [5, 5.41) is 3.50. The number of hydrogen-bond acceptors (Lipinski definition) is 4. The molecule has 1 aromatic rings. The van der Waals surface area contributed by atoms with E-state index < -0.39 is 0 Å². The van der Waals surface area contributed by atoms with Crippen LogP contribution in [0.4, 0.5) is 5.69 Å². The van der Waals surface area contributed by atoms with E-state index in [1.807, 2.05) is 6.20 Å². The predicted octanol–water partition coefficient (Wildman–Crippen LogP) is 2.95. The average Bonchev–Trinajstić information content (AvgIpc) is 2.41. The van der Waals surface area contributed by atoms with Gasteiger partial charge < -0.3 is 10.2 Å². The zero-order valence-corrected chi connectivity index (χ0v) is 14.2. The fourth-order valence-corrected chi connectivity index (χ4v) is 1.93. The number of aromatic nitrogens is 2. The number of anilines is 1. The topological polar surface area (TPSA) is 41.1 Å². The second-order valence-corrected chi connectivity index (χ2v) is 6.54. The molecule has 1 aromatic heterocycles. The molecule has 0 saturated heterocycles. The smallest absolute Gasteiger partial charge is 0.131 e. The maximum absolute atomic E-state index is 5.47. The largest absolute Gasteiger partial charge is 0.358 e. The lowest BCUT2D eigenvalue weighted by atomic mass is 10.1. The molecule has 0 radical (unpaired) electrons. The van der Waals surface area contributed by atoms with E-state index in [4.69, 9.17) is 11.4 Å². The molecule has 1 heterocycles. The third kappa shape index (κ3) is 5.35. The molecule has 0 bridgehead atoms. The van der Waals surface area contributed by atoms with Gasteiger partial charge in [-0.05, 0) is 27.7 Å². The second kappa shape index (κ2) is 7.42. The van der Waals surface area contributed by atoms with Gasteiger partial charge in [-0.15, -0.1) is 6.42 Å². The quantitative estimate of drug-likeness (QED) is 0.817. The minimum absolute atomic E-state index is 0.0450. The first kappa shape index (κ1) is 17.5. The molecule has 0 aliphatic carbocycles. The number of nitrogens with one attached hydrogen (secondary N) is 1. The normalized spacial score (nSPS) is 11.5. The molecule has 0 unspecified atom stereocenters. The summed E-state index contributed by atoms with van der Waals surface area (Å²) in [5.41, 5.74) is 2.08. The molecule has 0 aliphatic rings. The molecule has 21 heavy (non-hydrogen) atoms. The molecule has 4 heteroatoms. The van der Waals surface area contributed by atoms with Crippen molar-refractivity contribution in [2.24, 2.45) is 0 Å². The summed E-state index contributed by atoms with van der Waals surface area (Å²) in [6.07, 6.45) is 7.37. The van der Waals surface area contributed by atoms with Gasteiger partial charge in [-0.25, -0.2) is 9.97 Å². The Morgan fingerprint density at radius 1 is 1.38 bits per heavy atom. The van der Waals surface area contributed by atoms with Gasteiger partial charge in [-0.2, -0.15) is 0 Å². The van der Waals surface area contributed by atoms with Crippen molar-refractivity contribution in [3.05, 3.63) is 17.7 Å². The highest BCUT2D eigenvalue weighted by atomic mass is 15.1. The summed E-state index contributed by atoms with van der Waals surface area (Å²) in [4.78, 5) is 11.4.